The molecule has 0 saturated carbocycles. The van der Waals surface area contributed by atoms with Crippen LogP contribution >= 0.6 is 0 Å². The van der Waals surface area contributed by atoms with Gasteiger partial charge in [-0.05, 0) is 37.0 Å². The first-order valence-corrected chi connectivity index (χ1v) is 9.51. The van der Waals surface area contributed by atoms with Crippen LogP contribution in [0.15, 0.2) is 42.0 Å². The number of benzene rings is 1. The summed E-state index contributed by atoms with van der Waals surface area (Å²) >= 11 is 0. The number of carbonyl (C=O) groups excluding carboxylic acids is 3. The van der Waals surface area contributed by atoms with Crippen molar-refractivity contribution in [2.24, 2.45) is 5.73 Å². The Kier molecular flexibility index (Phi) is 6.16. The topological polar surface area (TPSA) is 101 Å². The van der Waals surface area contributed by atoms with Crippen molar-refractivity contribution in [2.45, 2.75) is 32.7 Å². The number of ketones is 1. The van der Waals surface area contributed by atoms with Crippen LogP contribution in [0.2, 0.25) is 0 Å². The first-order valence-electron chi connectivity index (χ1n) is 9.51. The Morgan fingerprint density at radius 2 is 2.00 bits per heavy atom. The number of methoxy groups -OCH3 is 1. The van der Waals surface area contributed by atoms with Crippen LogP contribution in [0.1, 0.15) is 35.8 Å². The maximum Gasteiger partial charge on any atom is 0.343 e. The number of fused-ring (bicyclic) bond motifs is 1. The van der Waals surface area contributed by atoms with Gasteiger partial charge in [0.25, 0.3) is 11.7 Å². The Balaban J connectivity index is 2.20. The molecule has 0 saturated heterocycles. The number of amides is 1. The van der Waals surface area contributed by atoms with Crippen LogP contribution in [0.5, 0.6) is 5.75 Å². The molecule has 2 N–H and O–H groups in total. The summed E-state index contributed by atoms with van der Waals surface area (Å²) in [5, 5.41) is 0.484. The van der Waals surface area contributed by atoms with Gasteiger partial charge in [0.2, 0.25) is 0 Å². The van der Waals surface area contributed by atoms with E-state index in [0.29, 0.717) is 29.8 Å². The number of nitrogens with zero attached hydrogens (tertiary/aromatic N) is 1. The predicted octanol–water partition coefficient (Wildman–Crippen LogP) is 2.70. The largest absolute Gasteiger partial charge is 0.481 e. The van der Waals surface area contributed by atoms with Gasteiger partial charge in [0.1, 0.15) is 5.75 Å². The fraction of sp³-hybridized carbons (Fsp3) is 0.318. The zero-order chi connectivity index (χ0) is 21.0. The second-order valence-corrected chi connectivity index (χ2v) is 6.73. The molecule has 152 valence electrons. The highest BCUT2D eigenvalue weighted by Gasteiger charge is 2.27. The van der Waals surface area contributed by atoms with Crippen LogP contribution < -0.4 is 10.5 Å². The number of nitrogens with two attached hydrogens (primary N) is 1. The number of rotatable bonds is 8. The first-order chi connectivity index (χ1) is 14.0. The molecular formula is C22H24N2O5. The maximum atomic E-state index is 12.7. The van der Waals surface area contributed by atoms with Crippen LogP contribution in [0.25, 0.3) is 10.9 Å². The molecule has 0 aliphatic heterocycles. The van der Waals surface area contributed by atoms with Crippen molar-refractivity contribution in [1.29, 1.82) is 0 Å². The Labute approximate surface area is 168 Å². The van der Waals surface area contributed by atoms with Gasteiger partial charge in [-0.2, -0.15) is 0 Å². The monoisotopic (exact) mass is 396 g/mol. The van der Waals surface area contributed by atoms with Crippen molar-refractivity contribution >= 4 is 28.6 Å². The van der Waals surface area contributed by atoms with Gasteiger partial charge in [0.05, 0.1) is 23.6 Å². The van der Waals surface area contributed by atoms with Crippen LogP contribution in [0.4, 0.5) is 0 Å². The second-order valence-electron chi connectivity index (χ2n) is 6.73. The zero-order valence-corrected chi connectivity index (χ0v) is 16.6. The number of carbonyl (C=O) groups is 3. The van der Waals surface area contributed by atoms with E-state index in [4.69, 9.17) is 10.5 Å². The molecule has 3 rings (SSSR count). The van der Waals surface area contributed by atoms with Crippen LogP contribution in [-0.4, -0.2) is 35.9 Å². The summed E-state index contributed by atoms with van der Waals surface area (Å²) in [7, 11) is 1.27. The van der Waals surface area contributed by atoms with E-state index in [0.717, 1.165) is 23.9 Å². The molecule has 1 heterocycles. The molecule has 2 aromatic rings. The van der Waals surface area contributed by atoms with Gasteiger partial charge >= 0.3 is 5.97 Å². The van der Waals surface area contributed by atoms with Crippen molar-refractivity contribution in [3.8, 4) is 5.75 Å². The minimum Gasteiger partial charge on any atom is -0.481 e. The molecule has 0 fully saturated rings. The van der Waals surface area contributed by atoms with Gasteiger partial charge in [-0.3, -0.25) is 9.59 Å². The molecular weight excluding hydrogens is 372 g/mol. The van der Waals surface area contributed by atoms with E-state index in [-0.39, 0.29) is 12.2 Å². The lowest BCUT2D eigenvalue weighted by Crippen LogP contribution is -2.24. The number of allylic oxidation sites excluding steroid dienone is 4. The molecule has 0 unspecified atom stereocenters. The fourth-order valence-electron chi connectivity index (χ4n) is 3.62. The van der Waals surface area contributed by atoms with E-state index in [9.17, 15) is 14.4 Å². The Bertz CT molecular complexity index is 1030. The lowest BCUT2D eigenvalue weighted by atomic mass is 10.0. The average Bonchev–Trinajstić information content (AvgIpc) is 3.05. The Morgan fingerprint density at radius 1 is 1.21 bits per heavy atom. The SMILES string of the molecule is CCc1c(C(=O)C(N)=O)c2c(OCC(=O)OC)cccc2n1CC1=CCCC=C1. The van der Waals surface area contributed by atoms with Gasteiger partial charge in [0, 0.05) is 12.2 Å². The number of Topliss-reactive ketones (excluding diaryl/α,β-unsaturated/α-hetero) is 1. The first kappa shape index (κ1) is 20.4. The van der Waals surface area contributed by atoms with E-state index in [1.54, 1.807) is 12.1 Å². The average molecular weight is 396 g/mol. The standard InChI is InChI=1S/C22H24N2O5/c1-3-15-20(21(26)22(23)27)19-16(24(15)12-14-8-5-4-6-9-14)10-7-11-17(19)29-13-18(25)28-2/h5,7-11H,3-4,6,12-13H2,1-2H3,(H2,23,27). The maximum absolute atomic E-state index is 12.7. The van der Waals surface area contributed by atoms with E-state index in [1.165, 1.54) is 7.11 Å². The molecule has 0 atom stereocenters. The minimum absolute atomic E-state index is 0.232. The number of hydrogen-bond acceptors (Lipinski definition) is 5. The lowest BCUT2D eigenvalue weighted by molar-refractivity contribution is -0.142. The third-order valence-corrected chi connectivity index (χ3v) is 4.93. The van der Waals surface area contributed by atoms with Crippen LogP contribution in [0.3, 0.4) is 0 Å². The smallest absolute Gasteiger partial charge is 0.343 e. The van der Waals surface area contributed by atoms with Gasteiger partial charge in [-0.1, -0.05) is 31.2 Å². The quantitative estimate of drug-likeness (QED) is 0.420. The van der Waals surface area contributed by atoms with Crippen molar-refractivity contribution in [3.63, 3.8) is 0 Å². The molecule has 29 heavy (non-hydrogen) atoms. The zero-order valence-electron chi connectivity index (χ0n) is 16.6. The normalized spacial score (nSPS) is 13.2. The van der Waals surface area contributed by atoms with Crippen molar-refractivity contribution in [1.82, 2.24) is 4.57 Å². The summed E-state index contributed by atoms with van der Waals surface area (Å²) < 4.78 is 12.3. The lowest BCUT2D eigenvalue weighted by Gasteiger charge is -2.13. The summed E-state index contributed by atoms with van der Waals surface area (Å²) in [6.07, 6.45) is 8.85. The third-order valence-electron chi connectivity index (χ3n) is 4.93. The highest BCUT2D eigenvalue weighted by molar-refractivity contribution is 6.45. The summed E-state index contributed by atoms with van der Waals surface area (Å²) in [4.78, 5) is 36.0. The predicted molar refractivity (Wildman–Crippen MR) is 109 cm³/mol. The van der Waals surface area contributed by atoms with E-state index >= 15 is 0 Å². The number of hydrogen-bond donors (Lipinski definition) is 1. The number of esters is 1. The van der Waals surface area contributed by atoms with E-state index in [1.807, 2.05) is 17.6 Å². The highest BCUT2D eigenvalue weighted by atomic mass is 16.6. The molecule has 1 amide bonds. The van der Waals surface area contributed by atoms with Crippen molar-refractivity contribution in [3.05, 3.63) is 53.3 Å². The number of ether oxygens (including phenoxy) is 2. The summed E-state index contributed by atoms with van der Waals surface area (Å²) in [5.41, 5.74) is 8.14. The molecule has 7 heteroatoms. The fourth-order valence-corrected chi connectivity index (χ4v) is 3.62. The molecule has 1 aromatic heterocycles. The van der Waals surface area contributed by atoms with Crippen LogP contribution in [-0.2, 0) is 27.3 Å². The summed E-state index contributed by atoms with van der Waals surface area (Å²) in [5.74, 6) is -2.01. The summed E-state index contributed by atoms with van der Waals surface area (Å²) in [6.45, 7) is 2.17. The Hall–Kier alpha value is -3.35. The molecule has 0 bridgehead atoms. The number of aromatic nitrogens is 1. The Morgan fingerprint density at radius 3 is 2.62 bits per heavy atom. The molecule has 1 aromatic carbocycles. The molecule has 1 aliphatic rings. The summed E-state index contributed by atoms with van der Waals surface area (Å²) in [6, 6.07) is 5.31. The molecule has 7 nitrogen and oxygen atoms in total. The van der Waals surface area contributed by atoms with Gasteiger partial charge < -0.3 is 19.8 Å². The van der Waals surface area contributed by atoms with E-state index in [2.05, 4.69) is 23.0 Å². The molecule has 0 radical (unpaired) electrons. The molecule has 0 spiro atoms. The highest BCUT2D eigenvalue weighted by Crippen LogP contribution is 2.35. The van der Waals surface area contributed by atoms with E-state index < -0.39 is 17.7 Å². The number of primary amides is 1. The molecule has 1 aliphatic carbocycles. The second kappa shape index (κ2) is 8.77. The van der Waals surface area contributed by atoms with Gasteiger partial charge in [0.15, 0.2) is 6.61 Å². The minimum atomic E-state index is -1.03. The van der Waals surface area contributed by atoms with Crippen LogP contribution in [0, 0.1) is 0 Å². The third kappa shape index (κ3) is 4.08. The van der Waals surface area contributed by atoms with Crippen molar-refractivity contribution < 1.29 is 23.9 Å². The van der Waals surface area contributed by atoms with Gasteiger partial charge in [-0.25, -0.2) is 4.79 Å². The van der Waals surface area contributed by atoms with Crippen molar-refractivity contribution in [2.75, 3.05) is 13.7 Å². The van der Waals surface area contributed by atoms with Gasteiger partial charge in [-0.15, -0.1) is 0 Å².